The normalized spacial score (nSPS) is 14.2. The van der Waals surface area contributed by atoms with Crippen LogP contribution in [0.1, 0.15) is 350 Å². The molecule has 0 saturated carbocycles. The predicted octanol–water partition coefficient (Wildman–Crippen LogP) is 19.6. The second-order valence-electron chi connectivity index (χ2n) is 25.9. The Balaban J connectivity index is 5.22. The highest BCUT2D eigenvalue weighted by Gasteiger charge is 2.30. The number of hydrogen-bond donors (Lipinski definition) is 3. The summed E-state index contributed by atoms with van der Waals surface area (Å²) in [5.41, 5.74) is 0. The largest absolute Gasteiger partial charge is 0.472 e. The van der Waals surface area contributed by atoms with Crippen LogP contribution in [0.15, 0.2) is 0 Å². The molecule has 88 heavy (non-hydrogen) atoms. The van der Waals surface area contributed by atoms with E-state index < -0.39 is 97.5 Å². The lowest BCUT2D eigenvalue weighted by molar-refractivity contribution is -0.161. The van der Waals surface area contributed by atoms with Gasteiger partial charge in [-0.05, 0) is 37.5 Å². The highest BCUT2D eigenvalue weighted by Crippen LogP contribution is 2.45. The Hall–Kier alpha value is -1.94. The molecular weight excluding hydrogens is 1160 g/mol. The molecule has 17 nitrogen and oxygen atoms in total. The molecular formula is C69H134O17P2. The quantitative estimate of drug-likeness (QED) is 0.0222. The zero-order valence-electron chi connectivity index (χ0n) is 57.0. The lowest BCUT2D eigenvalue weighted by Gasteiger charge is -2.21. The van der Waals surface area contributed by atoms with Crippen LogP contribution in [0.5, 0.6) is 0 Å². The van der Waals surface area contributed by atoms with Crippen molar-refractivity contribution >= 4 is 39.5 Å². The van der Waals surface area contributed by atoms with E-state index in [2.05, 4.69) is 41.5 Å². The Morgan fingerprint density at radius 1 is 0.307 bits per heavy atom. The van der Waals surface area contributed by atoms with Crippen LogP contribution in [0, 0.1) is 11.8 Å². The molecule has 0 aromatic rings. The van der Waals surface area contributed by atoms with Gasteiger partial charge in [0.1, 0.15) is 19.3 Å². The number of carbonyl (C=O) groups is 4. The fourth-order valence-electron chi connectivity index (χ4n) is 10.4. The van der Waals surface area contributed by atoms with Crippen LogP contribution in [-0.4, -0.2) is 96.7 Å². The van der Waals surface area contributed by atoms with Crippen LogP contribution < -0.4 is 0 Å². The number of aliphatic hydroxyl groups excluding tert-OH is 1. The first kappa shape index (κ1) is 86.1. The third kappa shape index (κ3) is 62.8. The van der Waals surface area contributed by atoms with Gasteiger partial charge in [0, 0.05) is 25.7 Å². The topological polar surface area (TPSA) is 237 Å². The Bertz CT molecular complexity index is 1720. The summed E-state index contributed by atoms with van der Waals surface area (Å²) in [6.07, 6.45) is 45.8. The molecule has 3 N–H and O–H groups in total. The van der Waals surface area contributed by atoms with E-state index in [-0.39, 0.29) is 25.7 Å². The van der Waals surface area contributed by atoms with Gasteiger partial charge in [-0.2, -0.15) is 0 Å². The third-order valence-electron chi connectivity index (χ3n) is 16.0. The fraction of sp³-hybridized carbons (Fsp3) is 0.942. The average molecular weight is 1300 g/mol. The van der Waals surface area contributed by atoms with Gasteiger partial charge in [-0.1, -0.05) is 298 Å². The molecule has 0 spiro atoms. The van der Waals surface area contributed by atoms with Gasteiger partial charge in [0.2, 0.25) is 0 Å². The molecule has 0 saturated heterocycles. The molecule has 0 fully saturated rings. The molecule has 0 radical (unpaired) electrons. The molecule has 0 aromatic heterocycles. The Morgan fingerprint density at radius 3 is 0.773 bits per heavy atom. The standard InChI is InChI=1S/C69H134O17P2/c1-7-9-11-13-15-17-22-27-35-41-47-53-68(73)85-64(57-79-66(71)51-45-39-33-25-16-14-12-10-8-2)59-83-87(75,76)81-55-63(70)56-82-88(77,78)84-60-65(58-80-67(72)52-46-40-34-30-29-32-38-44-50-62(5)6)86-69(74)54-48-42-36-28-24-21-19-18-20-23-26-31-37-43-49-61(3)4/h61-65,70H,7-60H2,1-6H3,(H,75,76)(H,77,78)/t63-,64+,65+/m0/s1. The van der Waals surface area contributed by atoms with Crippen molar-refractivity contribution in [3.8, 4) is 0 Å². The number of phosphoric ester groups is 2. The van der Waals surface area contributed by atoms with Crippen molar-refractivity contribution in [3.63, 3.8) is 0 Å². The van der Waals surface area contributed by atoms with Crippen molar-refractivity contribution in [3.05, 3.63) is 0 Å². The number of unbranched alkanes of at least 4 members (excludes halogenated alkanes) is 38. The lowest BCUT2D eigenvalue weighted by Crippen LogP contribution is -2.30. The zero-order valence-corrected chi connectivity index (χ0v) is 58.8. The zero-order chi connectivity index (χ0) is 65.0. The van der Waals surface area contributed by atoms with E-state index in [1.807, 2.05) is 0 Å². The number of hydrogen-bond acceptors (Lipinski definition) is 15. The molecule has 0 amide bonds. The van der Waals surface area contributed by atoms with Crippen LogP contribution in [0.3, 0.4) is 0 Å². The molecule has 0 aliphatic heterocycles. The number of aliphatic hydroxyl groups is 1. The maximum absolute atomic E-state index is 13.0. The summed E-state index contributed by atoms with van der Waals surface area (Å²) in [4.78, 5) is 72.4. The van der Waals surface area contributed by atoms with Crippen LogP contribution in [-0.2, 0) is 65.4 Å². The monoisotopic (exact) mass is 1300 g/mol. The molecule has 0 bridgehead atoms. The van der Waals surface area contributed by atoms with Crippen LogP contribution in [0.4, 0.5) is 0 Å². The lowest BCUT2D eigenvalue weighted by atomic mass is 10.0. The Kier molecular flexibility index (Phi) is 59.9. The second kappa shape index (κ2) is 61.3. The van der Waals surface area contributed by atoms with E-state index in [0.717, 1.165) is 102 Å². The van der Waals surface area contributed by atoms with Gasteiger partial charge >= 0.3 is 39.5 Å². The maximum Gasteiger partial charge on any atom is 0.472 e. The van der Waals surface area contributed by atoms with Crippen molar-refractivity contribution in [2.75, 3.05) is 39.6 Å². The Labute approximate surface area is 537 Å². The summed E-state index contributed by atoms with van der Waals surface area (Å²) in [5.74, 6) is -0.605. The summed E-state index contributed by atoms with van der Waals surface area (Å²) in [5, 5.41) is 10.6. The number of ether oxygens (including phenoxy) is 4. The van der Waals surface area contributed by atoms with Crippen molar-refractivity contribution in [1.82, 2.24) is 0 Å². The van der Waals surface area contributed by atoms with E-state index in [0.29, 0.717) is 25.7 Å². The number of phosphoric acid groups is 2. The fourth-order valence-corrected chi connectivity index (χ4v) is 12.0. The molecule has 0 aromatic carbocycles. The summed E-state index contributed by atoms with van der Waals surface area (Å²) in [6, 6.07) is 0. The van der Waals surface area contributed by atoms with Gasteiger partial charge in [-0.15, -0.1) is 0 Å². The summed E-state index contributed by atoms with van der Waals surface area (Å²) >= 11 is 0. The molecule has 0 heterocycles. The first-order valence-corrected chi connectivity index (χ1v) is 39.0. The summed E-state index contributed by atoms with van der Waals surface area (Å²) in [7, 11) is -9.89. The molecule has 0 rings (SSSR count). The third-order valence-corrected chi connectivity index (χ3v) is 17.9. The van der Waals surface area contributed by atoms with Gasteiger partial charge < -0.3 is 33.8 Å². The number of esters is 4. The minimum atomic E-state index is -4.95. The van der Waals surface area contributed by atoms with E-state index >= 15 is 0 Å². The molecule has 19 heteroatoms. The van der Waals surface area contributed by atoms with Crippen molar-refractivity contribution in [2.45, 2.75) is 368 Å². The average Bonchev–Trinajstić information content (AvgIpc) is 3.70. The Morgan fingerprint density at radius 2 is 0.523 bits per heavy atom. The first-order chi connectivity index (χ1) is 42.4. The van der Waals surface area contributed by atoms with Gasteiger partial charge in [-0.3, -0.25) is 37.3 Å². The highest BCUT2D eigenvalue weighted by atomic mass is 31.2. The van der Waals surface area contributed by atoms with Crippen LogP contribution >= 0.6 is 15.6 Å². The van der Waals surface area contributed by atoms with E-state index in [9.17, 15) is 43.2 Å². The molecule has 0 aliphatic rings. The van der Waals surface area contributed by atoms with Crippen molar-refractivity contribution in [1.29, 1.82) is 0 Å². The van der Waals surface area contributed by atoms with Crippen molar-refractivity contribution < 1.29 is 80.2 Å². The van der Waals surface area contributed by atoms with Crippen LogP contribution in [0.2, 0.25) is 0 Å². The second-order valence-corrected chi connectivity index (χ2v) is 28.8. The van der Waals surface area contributed by atoms with Crippen LogP contribution in [0.25, 0.3) is 0 Å². The smallest absolute Gasteiger partial charge is 0.462 e. The van der Waals surface area contributed by atoms with Gasteiger partial charge in [-0.25, -0.2) is 9.13 Å². The van der Waals surface area contributed by atoms with E-state index in [4.69, 9.17) is 37.0 Å². The minimum Gasteiger partial charge on any atom is -0.462 e. The van der Waals surface area contributed by atoms with E-state index in [1.54, 1.807) is 0 Å². The highest BCUT2D eigenvalue weighted by molar-refractivity contribution is 7.47. The first-order valence-electron chi connectivity index (χ1n) is 36.0. The van der Waals surface area contributed by atoms with E-state index in [1.165, 1.54) is 167 Å². The summed E-state index contributed by atoms with van der Waals surface area (Å²) in [6.45, 7) is 9.51. The summed E-state index contributed by atoms with van der Waals surface area (Å²) < 4.78 is 68.2. The number of carbonyl (C=O) groups excluding carboxylic acids is 4. The SMILES string of the molecule is CCCCCCCCCCCCCC(=O)O[C@H](COC(=O)CCCCCCCCCCC)COP(=O)(O)OC[C@H](O)COP(=O)(O)OC[C@@H](COC(=O)CCCCCCCCCCC(C)C)OC(=O)CCCCCCCCCCCCCCCCC(C)C. The minimum absolute atomic E-state index is 0.107. The van der Waals surface area contributed by atoms with Gasteiger partial charge in [0.05, 0.1) is 26.4 Å². The predicted molar refractivity (Wildman–Crippen MR) is 354 cm³/mol. The van der Waals surface area contributed by atoms with Crippen molar-refractivity contribution in [2.24, 2.45) is 11.8 Å². The molecule has 5 atom stereocenters. The van der Waals surface area contributed by atoms with Gasteiger partial charge in [0.25, 0.3) is 0 Å². The maximum atomic E-state index is 13.0. The van der Waals surface area contributed by atoms with Gasteiger partial charge in [0.15, 0.2) is 12.2 Å². The number of rotatable bonds is 68. The molecule has 0 aliphatic carbocycles. The molecule has 2 unspecified atom stereocenters. The molecule has 522 valence electrons.